The lowest BCUT2D eigenvalue weighted by Crippen LogP contribution is -2.19. The van der Waals surface area contributed by atoms with Gasteiger partial charge in [-0.3, -0.25) is 0 Å². The van der Waals surface area contributed by atoms with E-state index in [4.69, 9.17) is 0 Å². The number of hydrogen-bond donors (Lipinski definition) is 1. The van der Waals surface area contributed by atoms with Crippen LogP contribution in [0.4, 0.5) is 18.9 Å². The largest absolute Gasteiger partial charge is 0.468 e. The van der Waals surface area contributed by atoms with E-state index in [-0.39, 0.29) is 5.88 Å². The molecule has 2 aromatic heterocycles. The van der Waals surface area contributed by atoms with Crippen molar-refractivity contribution in [2.75, 3.05) is 11.9 Å². The fourth-order valence-corrected chi connectivity index (χ4v) is 2.14. The summed E-state index contributed by atoms with van der Waals surface area (Å²) in [7, 11) is 0. The van der Waals surface area contributed by atoms with Crippen molar-refractivity contribution < 1.29 is 17.9 Å². The molecule has 0 aliphatic rings. The Hall–Kier alpha value is -1.83. The first-order valence-electron chi connectivity index (χ1n) is 5.73. The third kappa shape index (κ3) is 4.69. The Kier molecular flexibility index (Phi) is 4.43. The molecule has 2 rings (SSSR count). The van der Waals surface area contributed by atoms with Crippen LogP contribution in [0.25, 0.3) is 0 Å². The summed E-state index contributed by atoms with van der Waals surface area (Å²) in [6.45, 7) is 1.17. The van der Waals surface area contributed by atoms with Crippen molar-refractivity contribution in [2.45, 2.75) is 19.6 Å². The van der Waals surface area contributed by atoms with Crippen molar-refractivity contribution in [3.63, 3.8) is 0 Å². The van der Waals surface area contributed by atoms with Gasteiger partial charge in [-0.05, 0) is 13.0 Å². The van der Waals surface area contributed by atoms with E-state index < -0.39 is 12.8 Å². The van der Waals surface area contributed by atoms with Gasteiger partial charge in [-0.2, -0.15) is 13.2 Å². The van der Waals surface area contributed by atoms with E-state index in [0.717, 1.165) is 9.88 Å². The molecule has 0 amide bonds. The number of hydrogen-bond acceptors (Lipinski definition) is 5. The number of rotatable bonds is 5. The minimum atomic E-state index is -4.36. The molecule has 4 nitrogen and oxygen atoms in total. The second-order valence-corrected chi connectivity index (χ2v) is 5.31. The second-order valence-electron chi connectivity index (χ2n) is 3.99. The van der Waals surface area contributed by atoms with Gasteiger partial charge in [0.05, 0.1) is 23.4 Å². The number of aryl methyl sites for hydroxylation is 1. The van der Waals surface area contributed by atoms with E-state index in [1.54, 1.807) is 23.6 Å². The number of thiazole rings is 1. The third-order valence-electron chi connectivity index (χ3n) is 2.26. The molecule has 0 aliphatic heterocycles. The Morgan fingerprint density at radius 2 is 2.05 bits per heavy atom. The monoisotopic (exact) mass is 303 g/mol. The average molecular weight is 303 g/mol. The van der Waals surface area contributed by atoms with Gasteiger partial charge in [-0.15, -0.1) is 11.3 Å². The zero-order valence-corrected chi connectivity index (χ0v) is 11.4. The Labute approximate surface area is 117 Å². The summed E-state index contributed by atoms with van der Waals surface area (Å²) < 4.78 is 40.4. The first kappa shape index (κ1) is 14.6. The zero-order valence-electron chi connectivity index (χ0n) is 10.6. The molecule has 2 aromatic rings. The van der Waals surface area contributed by atoms with Crippen LogP contribution >= 0.6 is 11.3 Å². The van der Waals surface area contributed by atoms with Crippen LogP contribution in [0.15, 0.2) is 24.5 Å². The molecule has 2 heterocycles. The van der Waals surface area contributed by atoms with Crippen LogP contribution < -0.4 is 10.1 Å². The van der Waals surface area contributed by atoms with Gasteiger partial charge in [0.1, 0.15) is 0 Å². The molecule has 108 valence electrons. The molecular weight excluding hydrogens is 291 g/mol. The van der Waals surface area contributed by atoms with Crippen LogP contribution in [-0.4, -0.2) is 22.8 Å². The summed E-state index contributed by atoms with van der Waals surface area (Å²) in [5.41, 5.74) is 0.704. The molecule has 0 atom stereocenters. The Bertz CT molecular complexity index is 554. The Balaban J connectivity index is 1.85. The van der Waals surface area contributed by atoms with Crippen LogP contribution in [0.2, 0.25) is 0 Å². The minimum Gasteiger partial charge on any atom is -0.468 e. The molecule has 0 saturated heterocycles. The molecule has 0 radical (unpaired) electrons. The first-order chi connectivity index (χ1) is 9.42. The molecule has 0 aliphatic carbocycles. The van der Waals surface area contributed by atoms with Crippen molar-refractivity contribution >= 4 is 17.0 Å². The van der Waals surface area contributed by atoms with Crippen molar-refractivity contribution in [1.29, 1.82) is 0 Å². The molecule has 8 heteroatoms. The molecule has 0 saturated carbocycles. The minimum absolute atomic E-state index is 0.0542. The van der Waals surface area contributed by atoms with Crippen LogP contribution in [0.3, 0.4) is 0 Å². The van der Waals surface area contributed by atoms with Gasteiger partial charge in [0.15, 0.2) is 6.61 Å². The zero-order chi connectivity index (χ0) is 14.6. The van der Waals surface area contributed by atoms with Crippen LogP contribution in [0.1, 0.15) is 9.88 Å². The highest BCUT2D eigenvalue weighted by molar-refractivity contribution is 7.11. The molecule has 0 aromatic carbocycles. The maximum atomic E-state index is 12.0. The van der Waals surface area contributed by atoms with Crippen molar-refractivity contribution in [3.8, 4) is 5.88 Å². The quantitative estimate of drug-likeness (QED) is 0.919. The predicted octanol–water partition coefficient (Wildman–Crippen LogP) is 3.40. The number of alkyl halides is 3. The molecule has 0 unspecified atom stereocenters. The summed E-state index contributed by atoms with van der Waals surface area (Å²) in [6.07, 6.45) is -1.15. The number of nitrogens with one attached hydrogen (secondary N) is 1. The molecule has 0 spiro atoms. The maximum absolute atomic E-state index is 12.0. The fraction of sp³-hybridized carbons (Fsp3) is 0.333. The smallest absolute Gasteiger partial charge is 0.422 e. The number of nitrogens with zero attached hydrogens (tertiary/aromatic N) is 2. The SMILES string of the molecule is Cc1ncc(CNc2ccc(OCC(F)(F)F)nc2)s1. The average Bonchev–Trinajstić information content (AvgIpc) is 2.80. The maximum Gasteiger partial charge on any atom is 0.422 e. The number of anilines is 1. The molecule has 1 N–H and O–H groups in total. The lowest BCUT2D eigenvalue weighted by atomic mass is 10.4. The molecule has 20 heavy (non-hydrogen) atoms. The van der Waals surface area contributed by atoms with Gasteiger partial charge < -0.3 is 10.1 Å². The highest BCUT2D eigenvalue weighted by atomic mass is 32.1. The second kappa shape index (κ2) is 6.08. The highest BCUT2D eigenvalue weighted by Gasteiger charge is 2.28. The van der Waals surface area contributed by atoms with Gasteiger partial charge >= 0.3 is 6.18 Å². The molecule has 0 fully saturated rings. The predicted molar refractivity (Wildman–Crippen MR) is 70.0 cm³/mol. The van der Waals surface area contributed by atoms with Gasteiger partial charge in [0.25, 0.3) is 0 Å². The van der Waals surface area contributed by atoms with Gasteiger partial charge in [-0.25, -0.2) is 9.97 Å². The number of ether oxygens (including phenoxy) is 1. The van der Waals surface area contributed by atoms with E-state index in [9.17, 15) is 13.2 Å². The Morgan fingerprint density at radius 3 is 2.60 bits per heavy atom. The van der Waals surface area contributed by atoms with E-state index in [0.29, 0.717) is 12.2 Å². The number of halogens is 3. The van der Waals surface area contributed by atoms with E-state index in [1.165, 1.54) is 12.3 Å². The van der Waals surface area contributed by atoms with Gasteiger partial charge in [0, 0.05) is 17.1 Å². The van der Waals surface area contributed by atoms with E-state index in [1.807, 2.05) is 6.92 Å². The summed E-state index contributed by atoms with van der Waals surface area (Å²) in [5.74, 6) is -0.0542. The lowest BCUT2D eigenvalue weighted by Gasteiger charge is -2.09. The summed E-state index contributed by atoms with van der Waals surface area (Å²) in [5, 5.41) is 4.09. The van der Waals surface area contributed by atoms with Gasteiger partial charge in [0.2, 0.25) is 5.88 Å². The fourth-order valence-electron chi connectivity index (χ4n) is 1.40. The van der Waals surface area contributed by atoms with Crippen molar-refractivity contribution in [1.82, 2.24) is 9.97 Å². The first-order valence-corrected chi connectivity index (χ1v) is 6.55. The summed E-state index contributed by atoms with van der Waals surface area (Å²) in [4.78, 5) is 9.00. The number of pyridine rings is 1. The third-order valence-corrected chi connectivity index (χ3v) is 3.17. The van der Waals surface area contributed by atoms with Crippen LogP contribution in [0, 0.1) is 6.92 Å². The lowest BCUT2D eigenvalue weighted by molar-refractivity contribution is -0.154. The van der Waals surface area contributed by atoms with Gasteiger partial charge in [-0.1, -0.05) is 0 Å². The van der Waals surface area contributed by atoms with Crippen molar-refractivity contribution in [3.05, 3.63) is 34.4 Å². The standard InChI is InChI=1S/C12H12F3N3OS/c1-8-16-5-10(20-8)6-17-9-2-3-11(18-4-9)19-7-12(13,14)15/h2-5,17H,6-7H2,1H3. The summed E-state index contributed by atoms with van der Waals surface area (Å²) >= 11 is 1.58. The molecular formula is C12H12F3N3OS. The van der Waals surface area contributed by atoms with E-state index in [2.05, 4.69) is 20.0 Å². The van der Waals surface area contributed by atoms with Crippen LogP contribution in [-0.2, 0) is 6.54 Å². The van der Waals surface area contributed by atoms with E-state index >= 15 is 0 Å². The summed E-state index contributed by atoms with van der Waals surface area (Å²) in [6, 6.07) is 3.01. The molecule has 0 bridgehead atoms. The Morgan fingerprint density at radius 1 is 1.25 bits per heavy atom. The normalized spacial score (nSPS) is 11.4. The van der Waals surface area contributed by atoms with Crippen LogP contribution in [0.5, 0.6) is 5.88 Å². The number of aromatic nitrogens is 2. The van der Waals surface area contributed by atoms with Crippen molar-refractivity contribution in [2.24, 2.45) is 0 Å². The highest BCUT2D eigenvalue weighted by Crippen LogP contribution is 2.19. The topological polar surface area (TPSA) is 47.0 Å².